The van der Waals surface area contributed by atoms with Crippen molar-refractivity contribution in [3.63, 3.8) is 0 Å². The van der Waals surface area contributed by atoms with Crippen LogP contribution in [-0.4, -0.2) is 33.2 Å². The Balaban J connectivity index is 1.50. The molecule has 1 N–H and O–H groups in total. The van der Waals surface area contributed by atoms with Gasteiger partial charge in [0.1, 0.15) is 0 Å². The SMILES string of the molecule is O=C1CCCN1c1ccc(S(=O)(=O)NCCSCc2cccs2)cc1. The van der Waals surface area contributed by atoms with E-state index in [2.05, 4.69) is 10.8 Å². The lowest BCUT2D eigenvalue weighted by Crippen LogP contribution is -2.26. The highest BCUT2D eigenvalue weighted by Crippen LogP contribution is 2.23. The van der Waals surface area contributed by atoms with Crippen LogP contribution in [0, 0.1) is 0 Å². The summed E-state index contributed by atoms with van der Waals surface area (Å²) < 4.78 is 27.3. The van der Waals surface area contributed by atoms with E-state index in [0.717, 1.165) is 23.6 Å². The van der Waals surface area contributed by atoms with Crippen LogP contribution in [0.15, 0.2) is 46.7 Å². The van der Waals surface area contributed by atoms with E-state index in [9.17, 15) is 13.2 Å². The van der Waals surface area contributed by atoms with Gasteiger partial charge in [0.25, 0.3) is 0 Å². The van der Waals surface area contributed by atoms with Gasteiger partial charge < -0.3 is 4.90 Å². The third kappa shape index (κ3) is 4.84. The van der Waals surface area contributed by atoms with Crippen molar-refractivity contribution in [1.82, 2.24) is 4.72 Å². The smallest absolute Gasteiger partial charge is 0.240 e. The van der Waals surface area contributed by atoms with Crippen molar-refractivity contribution in [3.05, 3.63) is 46.7 Å². The Morgan fingerprint density at radius 2 is 2.00 bits per heavy atom. The molecule has 1 aliphatic heterocycles. The molecule has 1 fully saturated rings. The van der Waals surface area contributed by atoms with Gasteiger partial charge in [-0.05, 0) is 42.1 Å². The lowest BCUT2D eigenvalue weighted by molar-refractivity contribution is -0.117. The molecule has 0 unspecified atom stereocenters. The van der Waals surface area contributed by atoms with E-state index >= 15 is 0 Å². The third-order valence-electron chi connectivity index (χ3n) is 3.90. The molecule has 8 heteroatoms. The Labute approximate surface area is 156 Å². The summed E-state index contributed by atoms with van der Waals surface area (Å²) in [6.45, 7) is 1.09. The van der Waals surface area contributed by atoms with Crippen molar-refractivity contribution >= 4 is 44.7 Å². The number of amides is 1. The van der Waals surface area contributed by atoms with Gasteiger partial charge in [-0.15, -0.1) is 11.3 Å². The number of hydrogen-bond donors (Lipinski definition) is 1. The molecule has 3 rings (SSSR count). The van der Waals surface area contributed by atoms with Gasteiger partial charge in [0, 0.05) is 41.6 Å². The molecule has 0 radical (unpaired) electrons. The van der Waals surface area contributed by atoms with Gasteiger partial charge in [-0.2, -0.15) is 11.8 Å². The number of sulfonamides is 1. The number of anilines is 1. The summed E-state index contributed by atoms with van der Waals surface area (Å²) >= 11 is 3.41. The van der Waals surface area contributed by atoms with E-state index in [0.29, 0.717) is 19.5 Å². The molecule has 1 amide bonds. The second-order valence-electron chi connectivity index (χ2n) is 5.67. The average Bonchev–Trinajstić information content (AvgIpc) is 3.26. The van der Waals surface area contributed by atoms with Crippen LogP contribution in [0.3, 0.4) is 0 Å². The summed E-state index contributed by atoms with van der Waals surface area (Å²) in [7, 11) is -3.51. The van der Waals surface area contributed by atoms with Crippen molar-refractivity contribution in [1.29, 1.82) is 0 Å². The number of carbonyl (C=O) groups excluding carboxylic acids is 1. The van der Waals surface area contributed by atoms with Crippen LogP contribution in [0.25, 0.3) is 0 Å². The van der Waals surface area contributed by atoms with Crippen LogP contribution >= 0.6 is 23.1 Å². The van der Waals surface area contributed by atoms with Crippen LogP contribution < -0.4 is 9.62 Å². The standard InChI is InChI=1S/C17H20N2O3S3/c20-17-4-1-10-19(17)14-5-7-16(8-6-14)25(21,22)18-9-12-23-13-15-3-2-11-24-15/h2-3,5-8,11,18H,1,4,9-10,12-13H2. The molecular weight excluding hydrogens is 376 g/mol. The predicted octanol–water partition coefficient (Wildman–Crippen LogP) is 3.09. The molecule has 2 heterocycles. The van der Waals surface area contributed by atoms with Crippen molar-refractivity contribution in [3.8, 4) is 0 Å². The number of nitrogens with one attached hydrogen (secondary N) is 1. The van der Waals surface area contributed by atoms with Gasteiger partial charge in [0.05, 0.1) is 4.90 Å². The van der Waals surface area contributed by atoms with Crippen LogP contribution in [0.1, 0.15) is 17.7 Å². The van der Waals surface area contributed by atoms with E-state index < -0.39 is 10.0 Å². The van der Waals surface area contributed by atoms with Gasteiger partial charge in [0.2, 0.25) is 15.9 Å². The lowest BCUT2D eigenvalue weighted by atomic mass is 10.3. The molecule has 5 nitrogen and oxygen atoms in total. The summed E-state index contributed by atoms with van der Waals surface area (Å²) in [5, 5.41) is 2.04. The highest BCUT2D eigenvalue weighted by Gasteiger charge is 2.22. The normalized spacial score (nSPS) is 15.0. The number of rotatable bonds is 8. The number of hydrogen-bond acceptors (Lipinski definition) is 5. The van der Waals surface area contributed by atoms with Crippen LogP contribution in [0.2, 0.25) is 0 Å². The second kappa shape index (κ2) is 8.35. The number of benzene rings is 1. The van der Waals surface area contributed by atoms with Gasteiger partial charge in [-0.25, -0.2) is 13.1 Å². The Hall–Kier alpha value is -1.35. The average molecular weight is 397 g/mol. The van der Waals surface area contributed by atoms with Gasteiger partial charge in [0.15, 0.2) is 0 Å². The van der Waals surface area contributed by atoms with E-state index in [4.69, 9.17) is 0 Å². The van der Waals surface area contributed by atoms with Crippen LogP contribution in [0.4, 0.5) is 5.69 Å². The molecule has 0 bridgehead atoms. The molecule has 134 valence electrons. The molecular formula is C17H20N2O3S3. The Morgan fingerprint density at radius 1 is 1.20 bits per heavy atom. The quantitative estimate of drug-likeness (QED) is 0.697. The van der Waals surface area contributed by atoms with E-state index in [1.54, 1.807) is 52.3 Å². The van der Waals surface area contributed by atoms with Gasteiger partial charge in [-0.3, -0.25) is 4.79 Å². The van der Waals surface area contributed by atoms with E-state index in [1.807, 2.05) is 11.4 Å². The predicted molar refractivity (Wildman–Crippen MR) is 104 cm³/mol. The van der Waals surface area contributed by atoms with Crippen molar-refractivity contribution in [2.45, 2.75) is 23.5 Å². The minimum absolute atomic E-state index is 0.0940. The Kier molecular flexibility index (Phi) is 6.16. The zero-order chi connectivity index (χ0) is 17.7. The maximum Gasteiger partial charge on any atom is 0.240 e. The Morgan fingerprint density at radius 3 is 2.64 bits per heavy atom. The molecule has 1 aliphatic rings. The lowest BCUT2D eigenvalue weighted by Gasteiger charge is -2.16. The molecule has 0 saturated carbocycles. The third-order valence-corrected chi connectivity index (χ3v) is 7.44. The number of thiophene rings is 1. The van der Waals surface area contributed by atoms with Gasteiger partial charge in [-0.1, -0.05) is 6.07 Å². The van der Waals surface area contributed by atoms with Crippen LogP contribution in [0.5, 0.6) is 0 Å². The zero-order valence-corrected chi connectivity index (χ0v) is 16.1. The summed E-state index contributed by atoms with van der Waals surface area (Å²) in [6.07, 6.45) is 1.41. The Bertz CT molecular complexity index is 802. The molecule has 1 saturated heterocycles. The van der Waals surface area contributed by atoms with E-state index in [-0.39, 0.29) is 10.8 Å². The summed E-state index contributed by atoms with van der Waals surface area (Å²) in [5.41, 5.74) is 0.757. The van der Waals surface area contributed by atoms with Crippen molar-refractivity contribution in [2.75, 3.05) is 23.7 Å². The zero-order valence-electron chi connectivity index (χ0n) is 13.7. The minimum Gasteiger partial charge on any atom is -0.312 e. The largest absolute Gasteiger partial charge is 0.312 e. The number of carbonyl (C=O) groups is 1. The number of thioether (sulfide) groups is 1. The van der Waals surface area contributed by atoms with Crippen molar-refractivity contribution < 1.29 is 13.2 Å². The molecule has 0 aliphatic carbocycles. The topological polar surface area (TPSA) is 66.5 Å². The summed E-state index contributed by atoms with van der Waals surface area (Å²) in [4.78, 5) is 15.0. The number of nitrogens with zero attached hydrogens (tertiary/aromatic N) is 1. The fourth-order valence-electron chi connectivity index (χ4n) is 2.63. The highest BCUT2D eigenvalue weighted by atomic mass is 32.2. The highest BCUT2D eigenvalue weighted by molar-refractivity contribution is 7.98. The summed E-state index contributed by atoms with van der Waals surface area (Å²) in [5.74, 6) is 1.71. The summed E-state index contributed by atoms with van der Waals surface area (Å²) in [6, 6.07) is 10.6. The maximum atomic E-state index is 12.3. The van der Waals surface area contributed by atoms with Crippen LogP contribution in [-0.2, 0) is 20.6 Å². The first-order valence-electron chi connectivity index (χ1n) is 8.06. The van der Waals surface area contributed by atoms with E-state index in [1.165, 1.54) is 4.88 Å². The minimum atomic E-state index is -3.51. The molecule has 2 aromatic rings. The van der Waals surface area contributed by atoms with Gasteiger partial charge >= 0.3 is 0 Å². The molecule has 0 spiro atoms. The fraction of sp³-hybridized carbons (Fsp3) is 0.353. The maximum absolute atomic E-state index is 12.3. The first-order chi connectivity index (χ1) is 12.1. The first-order valence-corrected chi connectivity index (χ1v) is 11.6. The molecule has 1 aromatic heterocycles. The molecule has 0 atom stereocenters. The monoisotopic (exact) mass is 396 g/mol. The fourth-order valence-corrected chi connectivity index (χ4v) is 5.49. The first kappa shape index (κ1) is 18.4. The second-order valence-corrected chi connectivity index (χ2v) is 9.58. The molecule has 25 heavy (non-hydrogen) atoms. The molecule has 1 aromatic carbocycles. The van der Waals surface area contributed by atoms with Crippen molar-refractivity contribution in [2.24, 2.45) is 0 Å².